The van der Waals surface area contributed by atoms with Gasteiger partial charge in [0.05, 0.1) is 5.92 Å². The van der Waals surface area contributed by atoms with Crippen molar-refractivity contribution < 1.29 is 9.63 Å². The number of nitrogens with two attached hydrogens (primary N) is 1. The molecule has 0 amide bonds. The van der Waals surface area contributed by atoms with E-state index in [2.05, 4.69) is 4.84 Å². The molecule has 0 saturated carbocycles. The molecule has 1 atom stereocenters. The molecule has 1 aromatic heterocycles. The molecule has 0 fully saturated rings. The van der Waals surface area contributed by atoms with Crippen LogP contribution in [0.15, 0.2) is 11.4 Å². The van der Waals surface area contributed by atoms with Gasteiger partial charge in [0, 0.05) is 4.88 Å². The molecule has 1 aromatic rings. The van der Waals surface area contributed by atoms with E-state index in [0.29, 0.717) is 0 Å². The third-order valence-corrected chi connectivity index (χ3v) is 2.97. The van der Waals surface area contributed by atoms with E-state index in [9.17, 15) is 4.79 Å². The fourth-order valence-electron chi connectivity index (χ4n) is 1.04. The van der Waals surface area contributed by atoms with Crippen molar-refractivity contribution in [2.45, 2.75) is 19.8 Å². The highest BCUT2D eigenvalue weighted by Gasteiger charge is 2.18. The van der Waals surface area contributed by atoms with Gasteiger partial charge in [-0.25, -0.2) is 4.79 Å². The van der Waals surface area contributed by atoms with Crippen molar-refractivity contribution in [3.8, 4) is 0 Å². The Kier molecular flexibility index (Phi) is 2.83. The maximum atomic E-state index is 11.0. The van der Waals surface area contributed by atoms with E-state index < -0.39 is 0 Å². The number of carbonyl (C=O) groups excluding carboxylic acids is 1. The predicted octanol–water partition coefficient (Wildman–Crippen LogP) is 1.58. The Labute approximate surface area is 75.1 Å². The van der Waals surface area contributed by atoms with Crippen LogP contribution in [0.4, 0.5) is 0 Å². The lowest BCUT2D eigenvalue weighted by molar-refractivity contribution is -0.145. The summed E-state index contributed by atoms with van der Waals surface area (Å²) >= 11 is 1.54. The minimum atomic E-state index is -0.388. The molecule has 0 radical (unpaired) electrons. The maximum absolute atomic E-state index is 11.0. The van der Waals surface area contributed by atoms with Crippen molar-refractivity contribution in [3.63, 3.8) is 0 Å². The molecule has 0 aliphatic heterocycles. The third kappa shape index (κ3) is 1.65. The molecule has 0 aromatic carbocycles. The zero-order valence-electron chi connectivity index (χ0n) is 7.03. The predicted molar refractivity (Wildman–Crippen MR) is 47.8 cm³/mol. The van der Waals surface area contributed by atoms with Gasteiger partial charge in [-0.15, -0.1) is 11.3 Å². The summed E-state index contributed by atoms with van der Waals surface area (Å²) in [5, 5.41) is 1.95. The molecule has 4 heteroatoms. The highest BCUT2D eigenvalue weighted by atomic mass is 32.1. The molecule has 1 rings (SSSR count). The summed E-state index contributed by atoms with van der Waals surface area (Å²) in [7, 11) is 0. The summed E-state index contributed by atoms with van der Waals surface area (Å²) in [5.74, 6) is 4.14. The number of carbonyl (C=O) groups is 1. The van der Waals surface area contributed by atoms with Gasteiger partial charge in [-0.1, -0.05) is 0 Å². The minimum absolute atomic E-state index is 0.255. The first-order valence-electron chi connectivity index (χ1n) is 3.61. The van der Waals surface area contributed by atoms with Gasteiger partial charge in [-0.2, -0.15) is 5.90 Å². The average molecular weight is 185 g/mol. The Bertz CT molecular complexity index is 282. The molecule has 66 valence electrons. The normalized spacial score (nSPS) is 12.6. The summed E-state index contributed by atoms with van der Waals surface area (Å²) in [6.45, 7) is 3.75. The minimum Gasteiger partial charge on any atom is -0.373 e. The summed E-state index contributed by atoms with van der Waals surface area (Å²) in [4.78, 5) is 16.2. The molecule has 0 aliphatic carbocycles. The van der Waals surface area contributed by atoms with E-state index >= 15 is 0 Å². The van der Waals surface area contributed by atoms with Crippen LogP contribution in [0.3, 0.4) is 0 Å². The van der Waals surface area contributed by atoms with Crippen LogP contribution < -0.4 is 5.90 Å². The second kappa shape index (κ2) is 3.69. The number of aryl methyl sites for hydroxylation is 1. The molecule has 0 saturated heterocycles. The topological polar surface area (TPSA) is 52.3 Å². The molecule has 1 heterocycles. The van der Waals surface area contributed by atoms with Gasteiger partial charge in [-0.3, -0.25) is 0 Å². The highest BCUT2D eigenvalue weighted by Crippen LogP contribution is 2.25. The van der Waals surface area contributed by atoms with Crippen molar-refractivity contribution in [3.05, 3.63) is 21.9 Å². The summed E-state index contributed by atoms with van der Waals surface area (Å²) < 4.78 is 0. The standard InChI is InChI=1S/C8H11NO2S/c1-5-3-4-12-7(5)6(2)8(10)11-9/h3-4,6H,9H2,1-2H3. The van der Waals surface area contributed by atoms with Crippen LogP contribution in [0, 0.1) is 6.92 Å². The SMILES string of the molecule is Cc1ccsc1C(C)C(=O)ON. The maximum Gasteiger partial charge on any atom is 0.332 e. The second-order valence-corrected chi connectivity index (χ2v) is 3.57. The van der Waals surface area contributed by atoms with Crippen molar-refractivity contribution in [2.24, 2.45) is 5.90 Å². The monoisotopic (exact) mass is 185 g/mol. The van der Waals surface area contributed by atoms with E-state index in [0.717, 1.165) is 10.4 Å². The Morgan fingerprint density at radius 2 is 2.42 bits per heavy atom. The molecule has 0 bridgehead atoms. The van der Waals surface area contributed by atoms with Crippen LogP contribution in [0.2, 0.25) is 0 Å². The Balaban J connectivity index is 2.84. The van der Waals surface area contributed by atoms with Gasteiger partial charge in [0.15, 0.2) is 0 Å². The summed E-state index contributed by atoms with van der Waals surface area (Å²) in [5.41, 5.74) is 1.11. The third-order valence-electron chi connectivity index (χ3n) is 1.76. The molecular formula is C8H11NO2S. The van der Waals surface area contributed by atoms with Crippen LogP contribution in [-0.4, -0.2) is 5.97 Å². The van der Waals surface area contributed by atoms with Gasteiger partial charge in [-0.05, 0) is 30.9 Å². The fourth-order valence-corrected chi connectivity index (χ4v) is 2.01. The van der Waals surface area contributed by atoms with Crippen molar-refractivity contribution in [2.75, 3.05) is 0 Å². The van der Waals surface area contributed by atoms with Crippen LogP contribution in [0.5, 0.6) is 0 Å². The van der Waals surface area contributed by atoms with Gasteiger partial charge in [0.2, 0.25) is 0 Å². The van der Waals surface area contributed by atoms with Crippen molar-refractivity contribution in [1.29, 1.82) is 0 Å². The van der Waals surface area contributed by atoms with Crippen LogP contribution in [0.1, 0.15) is 23.3 Å². The van der Waals surface area contributed by atoms with Gasteiger partial charge in [0.25, 0.3) is 0 Å². The molecule has 3 nitrogen and oxygen atoms in total. The highest BCUT2D eigenvalue weighted by molar-refractivity contribution is 7.10. The summed E-state index contributed by atoms with van der Waals surface area (Å²) in [6, 6.07) is 1.97. The van der Waals surface area contributed by atoms with E-state index in [-0.39, 0.29) is 11.9 Å². The lowest BCUT2D eigenvalue weighted by atomic mass is 10.1. The number of hydrogen-bond donors (Lipinski definition) is 1. The number of hydrogen-bond acceptors (Lipinski definition) is 4. The summed E-state index contributed by atoms with van der Waals surface area (Å²) in [6.07, 6.45) is 0. The first-order valence-corrected chi connectivity index (χ1v) is 4.49. The van der Waals surface area contributed by atoms with Gasteiger partial charge < -0.3 is 4.84 Å². The zero-order chi connectivity index (χ0) is 9.14. The molecular weight excluding hydrogens is 174 g/mol. The average Bonchev–Trinajstić information content (AvgIpc) is 2.48. The molecule has 2 N–H and O–H groups in total. The van der Waals surface area contributed by atoms with Gasteiger partial charge >= 0.3 is 5.97 Å². The second-order valence-electron chi connectivity index (χ2n) is 2.63. The van der Waals surface area contributed by atoms with E-state index in [1.807, 2.05) is 18.4 Å². The van der Waals surface area contributed by atoms with E-state index in [4.69, 9.17) is 5.90 Å². The fraction of sp³-hybridized carbons (Fsp3) is 0.375. The molecule has 0 aliphatic rings. The Hall–Kier alpha value is -0.870. The first-order chi connectivity index (χ1) is 5.66. The Morgan fingerprint density at radius 1 is 1.75 bits per heavy atom. The smallest absolute Gasteiger partial charge is 0.332 e. The van der Waals surface area contributed by atoms with Crippen LogP contribution in [-0.2, 0) is 9.63 Å². The van der Waals surface area contributed by atoms with Gasteiger partial charge in [0.1, 0.15) is 0 Å². The lowest BCUT2D eigenvalue weighted by Crippen LogP contribution is -2.16. The lowest BCUT2D eigenvalue weighted by Gasteiger charge is -2.06. The first kappa shape index (κ1) is 9.22. The zero-order valence-corrected chi connectivity index (χ0v) is 7.85. The molecule has 12 heavy (non-hydrogen) atoms. The molecule has 0 spiro atoms. The van der Waals surface area contributed by atoms with Crippen LogP contribution >= 0.6 is 11.3 Å². The van der Waals surface area contributed by atoms with Crippen molar-refractivity contribution in [1.82, 2.24) is 0 Å². The van der Waals surface area contributed by atoms with Crippen LogP contribution in [0.25, 0.3) is 0 Å². The quantitative estimate of drug-likeness (QED) is 0.712. The number of rotatable bonds is 2. The van der Waals surface area contributed by atoms with E-state index in [1.165, 1.54) is 0 Å². The van der Waals surface area contributed by atoms with Crippen molar-refractivity contribution >= 4 is 17.3 Å². The largest absolute Gasteiger partial charge is 0.373 e. The van der Waals surface area contributed by atoms with E-state index in [1.54, 1.807) is 18.3 Å². The molecule has 1 unspecified atom stereocenters. The number of thiophene rings is 1. The Morgan fingerprint density at radius 3 is 2.83 bits per heavy atom.